The molecule has 1 aromatic carbocycles. The lowest BCUT2D eigenvalue weighted by Crippen LogP contribution is -2.49. The van der Waals surface area contributed by atoms with E-state index in [4.69, 9.17) is 22.1 Å². The van der Waals surface area contributed by atoms with Gasteiger partial charge in [-0.25, -0.2) is 4.99 Å². The van der Waals surface area contributed by atoms with Gasteiger partial charge in [-0.3, -0.25) is 14.7 Å². The highest BCUT2D eigenvalue weighted by Gasteiger charge is 2.55. The molecule has 27 heavy (non-hydrogen) atoms. The maximum absolute atomic E-state index is 13.1. The molecule has 140 valence electrons. The van der Waals surface area contributed by atoms with E-state index in [9.17, 15) is 4.79 Å². The number of nitrogens with zero attached hydrogens (tertiary/aromatic N) is 3. The van der Waals surface area contributed by atoms with Crippen molar-refractivity contribution < 1.29 is 9.53 Å². The van der Waals surface area contributed by atoms with E-state index < -0.39 is 11.1 Å². The van der Waals surface area contributed by atoms with E-state index in [-0.39, 0.29) is 11.9 Å². The molecule has 2 aliphatic rings. The van der Waals surface area contributed by atoms with Gasteiger partial charge >= 0.3 is 0 Å². The summed E-state index contributed by atoms with van der Waals surface area (Å²) in [5, 5.41) is 0.594. The summed E-state index contributed by atoms with van der Waals surface area (Å²) >= 11 is 6.24. The number of ether oxygens (including phenoxy) is 1. The first-order valence-corrected chi connectivity index (χ1v) is 9.10. The van der Waals surface area contributed by atoms with Crippen molar-refractivity contribution in [2.45, 2.75) is 38.3 Å². The highest BCUT2D eigenvalue weighted by molar-refractivity contribution is 6.31. The molecule has 1 amide bonds. The van der Waals surface area contributed by atoms with Crippen molar-refractivity contribution >= 4 is 23.5 Å². The maximum atomic E-state index is 13.1. The minimum Gasteiger partial charge on any atom is -0.487 e. The standard InChI is InChI=1S/C20H21ClN4O2/c1-11-15(21)8-13(9-23-11)12-5-6-16-14(7-12)20(10-19(2,3)27-16)17(26)25(4)18(22)24-20/h5-9H,10H2,1-4H3,(H2,22,24). The Morgan fingerprint density at radius 1 is 1.26 bits per heavy atom. The molecule has 1 aromatic heterocycles. The van der Waals surface area contributed by atoms with E-state index in [2.05, 4.69) is 9.98 Å². The number of carbonyl (C=O) groups is 1. The Morgan fingerprint density at radius 2 is 2.00 bits per heavy atom. The summed E-state index contributed by atoms with van der Waals surface area (Å²) in [6, 6.07) is 7.61. The van der Waals surface area contributed by atoms with E-state index in [1.54, 1.807) is 13.2 Å². The van der Waals surface area contributed by atoms with Gasteiger partial charge in [0, 0.05) is 30.8 Å². The molecule has 0 saturated heterocycles. The van der Waals surface area contributed by atoms with Gasteiger partial charge in [-0.2, -0.15) is 0 Å². The van der Waals surface area contributed by atoms with Crippen LogP contribution in [0.4, 0.5) is 0 Å². The van der Waals surface area contributed by atoms with Crippen molar-refractivity contribution in [3.05, 3.63) is 46.7 Å². The molecule has 2 N–H and O–H groups in total. The van der Waals surface area contributed by atoms with Gasteiger partial charge in [0.15, 0.2) is 11.5 Å². The topological polar surface area (TPSA) is 80.8 Å². The minimum atomic E-state index is -1.08. The molecule has 6 nitrogen and oxygen atoms in total. The quantitative estimate of drug-likeness (QED) is 0.818. The van der Waals surface area contributed by atoms with E-state index in [0.717, 1.165) is 16.8 Å². The van der Waals surface area contributed by atoms with Crippen molar-refractivity contribution in [2.24, 2.45) is 10.7 Å². The van der Waals surface area contributed by atoms with Crippen LogP contribution >= 0.6 is 11.6 Å². The molecule has 0 aliphatic carbocycles. The minimum absolute atomic E-state index is 0.144. The second-order valence-corrected chi connectivity index (χ2v) is 8.14. The van der Waals surface area contributed by atoms with Crippen LogP contribution in [0.2, 0.25) is 5.02 Å². The highest BCUT2D eigenvalue weighted by atomic mass is 35.5. The number of rotatable bonds is 1. The second kappa shape index (κ2) is 5.70. The summed E-state index contributed by atoms with van der Waals surface area (Å²) in [7, 11) is 1.64. The molecule has 0 bridgehead atoms. The number of pyridine rings is 1. The fourth-order valence-electron chi connectivity index (χ4n) is 3.82. The fourth-order valence-corrected chi connectivity index (χ4v) is 3.99. The number of carbonyl (C=O) groups excluding carboxylic acids is 1. The van der Waals surface area contributed by atoms with Gasteiger partial charge in [0.25, 0.3) is 5.91 Å². The van der Waals surface area contributed by atoms with Crippen LogP contribution in [0, 0.1) is 6.92 Å². The van der Waals surface area contributed by atoms with E-state index >= 15 is 0 Å². The lowest BCUT2D eigenvalue weighted by atomic mass is 9.77. The molecule has 0 radical (unpaired) electrons. The molecule has 2 aliphatic heterocycles. The van der Waals surface area contributed by atoms with Crippen molar-refractivity contribution in [1.82, 2.24) is 9.88 Å². The summed E-state index contributed by atoms with van der Waals surface area (Å²) in [5.41, 5.74) is 7.61. The first-order chi connectivity index (χ1) is 12.6. The Bertz CT molecular complexity index is 1000. The third kappa shape index (κ3) is 2.67. The number of guanidine groups is 1. The second-order valence-electron chi connectivity index (χ2n) is 7.74. The number of hydrogen-bond donors (Lipinski definition) is 1. The van der Waals surface area contributed by atoms with Crippen molar-refractivity contribution in [3.63, 3.8) is 0 Å². The first kappa shape index (κ1) is 17.8. The van der Waals surface area contributed by atoms with Crippen molar-refractivity contribution in [2.75, 3.05) is 7.05 Å². The van der Waals surface area contributed by atoms with Gasteiger partial charge in [-0.15, -0.1) is 0 Å². The summed E-state index contributed by atoms with van der Waals surface area (Å²) < 4.78 is 6.14. The van der Waals surface area contributed by atoms with Crippen LogP contribution in [0.3, 0.4) is 0 Å². The summed E-state index contributed by atoms with van der Waals surface area (Å²) in [6.45, 7) is 5.76. The SMILES string of the molecule is Cc1ncc(-c2ccc3c(c2)C2(CC(C)(C)O3)N=C(N)N(C)C2=O)cc1Cl. The number of aromatic nitrogens is 1. The number of likely N-dealkylation sites (N-methyl/N-ethyl adjacent to an activating group) is 1. The Labute approximate surface area is 163 Å². The molecule has 0 saturated carbocycles. The number of amides is 1. The zero-order valence-corrected chi connectivity index (χ0v) is 16.5. The first-order valence-electron chi connectivity index (χ1n) is 8.72. The largest absolute Gasteiger partial charge is 0.487 e. The Hall–Kier alpha value is -2.60. The van der Waals surface area contributed by atoms with Gasteiger partial charge in [-0.05, 0) is 44.5 Å². The van der Waals surface area contributed by atoms with Crippen LogP contribution in [0.5, 0.6) is 5.75 Å². The number of aryl methyl sites for hydroxylation is 1. The van der Waals surface area contributed by atoms with Crippen molar-refractivity contribution in [3.8, 4) is 16.9 Å². The fraction of sp³-hybridized carbons (Fsp3) is 0.350. The smallest absolute Gasteiger partial charge is 0.261 e. The van der Waals surface area contributed by atoms with Crippen LogP contribution in [-0.2, 0) is 10.3 Å². The lowest BCUT2D eigenvalue weighted by Gasteiger charge is -2.41. The van der Waals surface area contributed by atoms with Gasteiger partial charge < -0.3 is 10.5 Å². The van der Waals surface area contributed by atoms with Gasteiger partial charge in [-0.1, -0.05) is 17.7 Å². The van der Waals surface area contributed by atoms with Crippen LogP contribution in [0.25, 0.3) is 11.1 Å². The Morgan fingerprint density at radius 3 is 2.63 bits per heavy atom. The molecular weight excluding hydrogens is 364 g/mol. The molecule has 0 fully saturated rings. The number of aliphatic imine (C=N–C) groups is 1. The zero-order valence-electron chi connectivity index (χ0n) is 15.7. The molecule has 7 heteroatoms. The summed E-state index contributed by atoms with van der Waals surface area (Å²) in [5.74, 6) is 0.713. The van der Waals surface area contributed by atoms with Gasteiger partial charge in [0.2, 0.25) is 0 Å². The predicted molar refractivity (Wildman–Crippen MR) is 105 cm³/mol. The van der Waals surface area contributed by atoms with Crippen LogP contribution in [0.15, 0.2) is 35.5 Å². The number of fused-ring (bicyclic) bond motifs is 2. The van der Waals surface area contributed by atoms with Crippen molar-refractivity contribution in [1.29, 1.82) is 0 Å². The van der Waals surface area contributed by atoms with Crippen LogP contribution < -0.4 is 10.5 Å². The highest BCUT2D eigenvalue weighted by Crippen LogP contribution is 2.49. The normalized spacial score (nSPS) is 23.2. The van der Waals surface area contributed by atoms with Crippen LogP contribution in [0.1, 0.15) is 31.5 Å². The monoisotopic (exact) mass is 384 g/mol. The summed E-state index contributed by atoms with van der Waals surface area (Å²) in [4.78, 5) is 23.5. The van der Waals surface area contributed by atoms with Gasteiger partial charge in [0.1, 0.15) is 11.4 Å². The molecule has 3 heterocycles. The van der Waals surface area contributed by atoms with E-state index in [1.807, 2.05) is 45.0 Å². The molecule has 4 rings (SSSR count). The number of nitrogens with two attached hydrogens (primary N) is 1. The average molecular weight is 385 g/mol. The molecule has 1 atom stereocenters. The lowest BCUT2D eigenvalue weighted by molar-refractivity contribution is -0.133. The molecule has 1 unspecified atom stereocenters. The average Bonchev–Trinajstić information content (AvgIpc) is 2.80. The van der Waals surface area contributed by atoms with E-state index in [0.29, 0.717) is 22.8 Å². The Balaban J connectivity index is 1.92. The molecule has 1 spiro atoms. The van der Waals surface area contributed by atoms with Crippen LogP contribution in [-0.4, -0.2) is 34.4 Å². The summed E-state index contributed by atoms with van der Waals surface area (Å²) in [6.07, 6.45) is 2.18. The third-order valence-corrected chi connectivity index (χ3v) is 5.54. The maximum Gasteiger partial charge on any atom is 0.261 e. The zero-order chi connectivity index (χ0) is 19.6. The number of halogens is 1. The van der Waals surface area contributed by atoms with E-state index in [1.165, 1.54) is 4.90 Å². The Kier molecular flexibility index (Phi) is 3.75. The molecular formula is C20H21ClN4O2. The number of benzene rings is 1. The predicted octanol–water partition coefficient (Wildman–Crippen LogP) is 3.25. The number of hydrogen-bond acceptors (Lipinski definition) is 5. The van der Waals surface area contributed by atoms with Gasteiger partial charge in [0.05, 0.1) is 10.7 Å². The third-order valence-electron chi connectivity index (χ3n) is 5.16. The molecule has 2 aromatic rings.